The van der Waals surface area contributed by atoms with Crippen molar-refractivity contribution in [1.29, 1.82) is 0 Å². The van der Waals surface area contributed by atoms with Crippen LogP contribution in [0.2, 0.25) is 5.02 Å². The molecule has 2 aromatic rings. The fourth-order valence-corrected chi connectivity index (χ4v) is 3.32. The minimum absolute atomic E-state index is 0.0228. The predicted molar refractivity (Wildman–Crippen MR) is 103 cm³/mol. The largest absolute Gasteiger partial charge is 0.417 e. The normalized spacial score (nSPS) is 15.5. The van der Waals surface area contributed by atoms with E-state index in [1.165, 1.54) is 0 Å². The van der Waals surface area contributed by atoms with Crippen molar-refractivity contribution in [2.75, 3.05) is 49.6 Å². The molecule has 0 unspecified atom stereocenters. The number of anilines is 2. The van der Waals surface area contributed by atoms with Gasteiger partial charge in [0.05, 0.1) is 17.1 Å². The van der Waals surface area contributed by atoms with E-state index in [-0.39, 0.29) is 17.5 Å². The summed E-state index contributed by atoms with van der Waals surface area (Å²) in [5.74, 6) is 0.312. The number of rotatable bonds is 4. The molecule has 0 N–H and O–H groups in total. The van der Waals surface area contributed by atoms with Crippen molar-refractivity contribution in [2.45, 2.75) is 6.18 Å². The summed E-state index contributed by atoms with van der Waals surface area (Å²) in [7, 11) is 1.74. The van der Waals surface area contributed by atoms with Crippen LogP contribution < -0.4 is 9.80 Å². The number of hydrogen-bond donors (Lipinski definition) is 0. The van der Waals surface area contributed by atoms with E-state index < -0.39 is 11.7 Å². The van der Waals surface area contributed by atoms with Gasteiger partial charge in [0, 0.05) is 45.1 Å². The van der Waals surface area contributed by atoms with Crippen LogP contribution in [-0.4, -0.2) is 55.6 Å². The SMILES string of the molecule is CN(C(=O)CN1CCN(c2ncc(C(F)(F)F)cc2Cl)CC1)c1ccccc1. The Bertz CT molecular complexity index is 824. The number of likely N-dealkylation sites (N-methyl/N-ethyl adjacent to an activating group) is 1. The maximum atomic E-state index is 12.7. The van der Waals surface area contributed by atoms with Gasteiger partial charge in [0.25, 0.3) is 0 Å². The summed E-state index contributed by atoms with van der Waals surface area (Å²) >= 11 is 6.02. The molecule has 1 amide bonds. The minimum atomic E-state index is -4.47. The average Bonchev–Trinajstić information content (AvgIpc) is 2.68. The van der Waals surface area contributed by atoms with Gasteiger partial charge in [-0.2, -0.15) is 13.2 Å². The molecule has 0 spiro atoms. The van der Waals surface area contributed by atoms with Crippen LogP contribution in [0, 0.1) is 0 Å². The van der Waals surface area contributed by atoms with Crippen LogP contribution in [0.4, 0.5) is 24.7 Å². The molecule has 0 radical (unpaired) electrons. The van der Waals surface area contributed by atoms with Crippen molar-refractivity contribution < 1.29 is 18.0 Å². The van der Waals surface area contributed by atoms with Crippen LogP contribution in [0.3, 0.4) is 0 Å². The Morgan fingerprint density at radius 1 is 1.18 bits per heavy atom. The van der Waals surface area contributed by atoms with Gasteiger partial charge < -0.3 is 9.80 Å². The zero-order chi connectivity index (χ0) is 20.3. The Morgan fingerprint density at radius 3 is 2.39 bits per heavy atom. The highest BCUT2D eigenvalue weighted by molar-refractivity contribution is 6.33. The number of hydrogen-bond acceptors (Lipinski definition) is 4. The lowest BCUT2D eigenvalue weighted by Gasteiger charge is -2.36. The van der Waals surface area contributed by atoms with E-state index in [1.807, 2.05) is 40.1 Å². The molecule has 5 nitrogen and oxygen atoms in total. The second-order valence-corrected chi connectivity index (χ2v) is 6.99. The Morgan fingerprint density at radius 2 is 1.82 bits per heavy atom. The highest BCUT2D eigenvalue weighted by atomic mass is 35.5. The van der Waals surface area contributed by atoms with Crippen molar-refractivity contribution in [3.05, 3.63) is 53.2 Å². The summed E-state index contributed by atoms with van der Waals surface area (Å²) in [6.45, 7) is 2.51. The van der Waals surface area contributed by atoms with Crippen molar-refractivity contribution in [3.63, 3.8) is 0 Å². The maximum absolute atomic E-state index is 12.7. The average molecular weight is 413 g/mol. The van der Waals surface area contributed by atoms with Gasteiger partial charge in [0.2, 0.25) is 5.91 Å². The molecule has 1 fully saturated rings. The molecule has 0 atom stereocenters. The van der Waals surface area contributed by atoms with E-state index in [9.17, 15) is 18.0 Å². The van der Waals surface area contributed by atoms with Crippen LogP contribution >= 0.6 is 11.6 Å². The highest BCUT2D eigenvalue weighted by Crippen LogP contribution is 2.33. The van der Waals surface area contributed by atoms with Crippen LogP contribution in [0.25, 0.3) is 0 Å². The summed E-state index contributed by atoms with van der Waals surface area (Å²) in [4.78, 5) is 21.8. The second kappa shape index (κ2) is 8.36. The zero-order valence-electron chi connectivity index (χ0n) is 15.3. The lowest BCUT2D eigenvalue weighted by molar-refractivity contribution is -0.137. The number of benzene rings is 1. The first-order valence-electron chi connectivity index (χ1n) is 8.77. The number of carbonyl (C=O) groups is 1. The molecule has 0 bridgehead atoms. The number of piperazine rings is 1. The minimum Gasteiger partial charge on any atom is -0.353 e. The van der Waals surface area contributed by atoms with Crippen molar-refractivity contribution in [2.24, 2.45) is 0 Å². The topological polar surface area (TPSA) is 39.7 Å². The van der Waals surface area contributed by atoms with Crippen molar-refractivity contribution >= 4 is 29.0 Å². The van der Waals surface area contributed by atoms with E-state index in [4.69, 9.17) is 11.6 Å². The molecule has 3 rings (SSSR count). The number of halogens is 4. The molecule has 1 aromatic carbocycles. The third-order valence-electron chi connectivity index (χ3n) is 4.70. The number of alkyl halides is 3. The lowest BCUT2D eigenvalue weighted by atomic mass is 10.2. The molecular weight excluding hydrogens is 393 g/mol. The van der Waals surface area contributed by atoms with Gasteiger partial charge in [-0.05, 0) is 18.2 Å². The van der Waals surface area contributed by atoms with Crippen molar-refractivity contribution in [3.8, 4) is 0 Å². The van der Waals surface area contributed by atoms with Gasteiger partial charge in [-0.25, -0.2) is 4.98 Å². The van der Waals surface area contributed by atoms with Crippen LogP contribution in [-0.2, 0) is 11.0 Å². The fourth-order valence-electron chi connectivity index (χ4n) is 3.03. The zero-order valence-corrected chi connectivity index (χ0v) is 16.0. The Balaban J connectivity index is 1.57. The van der Waals surface area contributed by atoms with Crippen molar-refractivity contribution in [1.82, 2.24) is 9.88 Å². The molecular formula is C19H20ClF3N4O. The van der Waals surface area contributed by atoms with E-state index in [0.717, 1.165) is 18.0 Å². The third-order valence-corrected chi connectivity index (χ3v) is 4.98. The molecule has 1 aromatic heterocycles. The van der Waals surface area contributed by atoms with Gasteiger partial charge in [-0.15, -0.1) is 0 Å². The lowest BCUT2D eigenvalue weighted by Crippen LogP contribution is -2.50. The summed E-state index contributed by atoms with van der Waals surface area (Å²) in [5, 5.41) is -0.0248. The summed E-state index contributed by atoms with van der Waals surface area (Å²) < 4.78 is 38.2. The molecule has 2 heterocycles. The van der Waals surface area contributed by atoms with Gasteiger partial charge in [0.15, 0.2) is 0 Å². The predicted octanol–water partition coefficient (Wildman–Crippen LogP) is 3.54. The Kier molecular flexibility index (Phi) is 6.10. The summed E-state index contributed by atoms with van der Waals surface area (Å²) in [5.41, 5.74) is -0.0405. The van der Waals surface area contributed by atoms with Gasteiger partial charge >= 0.3 is 6.18 Å². The van der Waals surface area contributed by atoms with Gasteiger partial charge in [0.1, 0.15) is 5.82 Å². The second-order valence-electron chi connectivity index (χ2n) is 6.58. The summed E-state index contributed by atoms with van der Waals surface area (Å²) in [6, 6.07) is 10.3. The standard InChI is InChI=1S/C19H20ClF3N4O/c1-25(15-5-3-2-4-6-15)17(28)13-26-7-9-27(10-8-26)18-16(20)11-14(12-24-18)19(21,22)23/h2-6,11-12H,7-10,13H2,1H3. The quantitative estimate of drug-likeness (QED) is 0.770. The fraction of sp³-hybridized carbons (Fsp3) is 0.368. The molecule has 1 aliphatic heterocycles. The number of carbonyl (C=O) groups excluding carboxylic acids is 1. The maximum Gasteiger partial charge on any atom is 0.417 e. The molecule has 1 saturated heterocycles. The highest BCUT2D eigenvalue weighted by Gasteiger charge is 2.32. The third kappa shape index (κ3) is 4.74. The number of nitrogens with zero attached hydrogens (tertiary/aromatic N) is 4. The van der Waals surface area contributed by atoms with Crippen LogP contribution in [0.1, 0.15) is 5.56 Å². The van der Waals surface area contributed by atoms with E-state index >= 15 is 0 Å². The van der Waals surface area contributed by atoms with E-state index in [2.05, 4.69) is 4.98 Å². The molecule has 1 aliphatic rings. The number of para-hydroxylation sites is 1. The summed E-state index contributed by atoms with van der Waals surface area (Å²) in [6.07, 6.45) is -3.68. The first-order valence-corrected chi connectivity index (χ1v) is 9.15. The first kappa shape index (κ1) is 20.4. The number of amides is 1. The van der Waals surface area contributed by atoms with Crippen LogP contribution in [0.15, 0.2) is 42.6 Å². The molecule has 0 aliphatic carbocycles. The Hall–Kier alpha value is -2.32. The van der Waals surface area contributed by atoms with Crippen LogP contribution in [0.5, 0.6) is 0 Å². The molecule has 28 heavy (non-hydrogen) atoms. The van der Waals surface area contributed by atoms with Gasteiger partial charge in [-0.1, -0.05) is 29.8 Å². The molecule has 9 heteroatoms. The number of pyridine rings is 1. The smallest absolute Gasteiger partial charge is 0.353 e. The molecule has 150 valence electrons. The number of aromatic nitrogens is 1. The monoisotopic (exact) mass is 412 g/mol. The van der Waals surface area contributed by atoms with E-state index in [0.29, 0.717) is 32.0 Å². The first-order chi connectivity index (χ1) is 13.3. The molecule has 0 saturated carbocycles. The van der Waals surface area contributed by atoms with Gasteiger partial charge in [-0.3, -0.25) is 9.69 Å². The van der Waals surface area contributed by atoms with E-state index in [1.54, 1.807) is 11.9 Å². The Labute approximate surface area is 166 Å².